The molecule has 1 unspecified atom stereocenters. The standard InChI is InChI=1S/C8H10ClNOS/c1-5(10-6(2)11)7-3-4-8(9)12-7/h3-5H,1-2H3,(H,10,11). The minimum Gasteiger partial charge on any atom is -0.349 e. The second kappa shape index (κ2) is 3.92. The van der Waals surface area contributed by atoms with Crippen LogP contribution >= 0.6 is 22.9 Å². The van der Waals surface area contributed by atoms with Crippen molar-refractivity contribution in [2.75, 3.05) is 0 Å². The van der Waals surface area contributed by atoms with Crippen LogP contribution in [0.1, 0.15) is 24.8 Å². The molecule has 0 aliphatic carbocycles. The molecule has 66 valence electrons. The Bertz CT molecular complexity index is 284. The summed E-state index contributed by atoms with van der Waals surface area (Å²) in [5, 5.41) is 2.79. The summed E-state index contributed by atoms with van der Waals surface area (Å²) < 4.78 is 0.752. The first-order chi connectivity index (χ1) is 5.59. The first kappa shape index (κ1) is 9.55. The SMILES string of the molecule is CC(=O)NC(C)c1ccc(Cl)s1. The summed E-state index contributed by atoms with van der Waals surface area (Å²) in [6.07, 6.45) is 0. The molecular weight excluding hydrogens is 194 g/mol. The maximum atomic E-state index is 10.7. The number of rotatable bonds is 2. The van der Waals surface area contributed by atoms with Gasteiger partial charge in [0.15, 0.2) is 0 Å². The van der Waals surface area contributed by atoms with E-state index >= 15 is 0 Å². The van der Waals surface area contributed by atoms with Crippen molar-refractivity contribution >= 4 is 28.8 Å². The van der Waals surface area contributed by atoms with Crippen LogP contribution in [0.15, 0.2) is 12.1 Å². The molecule has 0 aliphatic rings. The maximum Gasteiger partial charge on any atom is 0.217 e. The lowest BCUT2D eigenvalue weighted by molar-refractivity contribution is -0.119. The van der Waals surface area contributed by atoms with Crippen molar-refractivity contribution in [1.82, 2.24) is 5.32 Å². The molecule has 0 saturated carbocycles. The van der Waals surface area contributed by atoms with E-state index in [9.17, 15) is 4.79 Å². The Morgan fingerprint density at radius 3 is 2.75 bits per heavy atom. The summed E-state index contributed by atoms with van der Waals surface area (Å²) >= 11 is 7.24. The highest BCUT2D eigenvalue weighted by Crippen LogP contribution is 2.26. The molecule has 0 fully saturated rings. The fraction of sp³-hybridized carbons (Fsp3) is 0.375. The van der Waals surface area contributed by atoms with Gasteiger partial charge in [-0.15, -0.1) is 11.3 Å². The van der Waals surface area contributed by atoms with Crippen molar-refractivity contribution in [2.45, 2.75) is 19.9 Å². The summed E-state index contributed by atoms with van der Waals surface area (Å²) in [5.74, 6) is -0.0213. The normalized spacial score (nSPS) is 12.6. The molecule has 0 bridgehead atoms. The van der Waals surface area contributed by atoms with Crippen molar-refractivity contribution in [3.8, 4) is 0 Å². The molecule has 1 heterocycles. The topological polar surface area (TPSA) is 29.1 Å². The van der Waals surface area contributed by atoms with Crippen LogP contribution in [0.3, 0.4) is 0 Å². The van der Waals surface area contributed by atoms with E-state index in [1.807, 2.05) is 19.1 Å². The molecular formula is C8H10ClNOS. The Balaban J connectivity index is 2.64. The number of hydrogen-bond acceptors (Lipinski definition) is 2. The number of thiophene rings is 1. The maximum absolute atomic E-state index is 10.7. The molecule has 0 radical (unpaired) electrons. The lowest BCUT2D eigenvalue weighted by Gasteiger charge is -2.08. The highest BCUT2D eigenvalue weighted by Gasteiger charge is 2.08. The number of carbonyl (C=O) groups excluding carboxylic acids is 1. The van der Waals surface area contributed by atoms with Gasteiger partial charge < -0.3 is 5.32 Å². The average molecular weight is 204 g/mol. The summed E-state index contributed by atoms with van der Waals surface area (Å²) in [4.78, 5) is 11.8. The van der Waals surface area contributed by atoms with E-state index < -0.39 is 0 Å². The van der Waals surface area contributed by atoms with Crippen molar-refractivity contribution in [3.63, 3.8) is 0 Å². The molecule has 12 heavy (non-hydrogen) atoms. The third kappa shape index (κ3) is 2.50. The summed E-state index contributed by atoms with van der Waals surface area (Å²) in [5.41, 5.74) is 0. The van der Waals surface area contributed by atoms with Gasteiger partial charge in [0.25, 0.3) is 0 Å². The number of carbonyl (C=O) groups is 1. The molecule has 1 rings (SSSR count). The Morgan fingerprint density at radius 2 is 2.33 bits per heavy atom. The number of hydrogen-bond donors (Lipinski definition) is 1. The molecule has 1 atom stereocenters. The van der Waals surface area contributed by atoms with Crippen LogP contribution in [-0.4, -0.2) is 5.91 Å². The first-order valence-corrected chi connectivity index (χ1v) is 4.81. The van der Waals surface area contributed by atoms with E-state index in [1.165, 1.54) is 18.3 Å². The van der Waals surface area contributed by atoms with E-state index in [1.54, 1.807) is 0 Å². The van der Waals surface area contributed by atoms with Crippen molar-refractivity contribution in [2.24, 2.45) is 0 Å². The molecule has 2 nitrogen and oxygen atoms in total. The van der Waals surface area contributed by atoms with E-state index in [-0.39, 0.29) is 11.9 Å². The predicted molar refractivity (Wildman–Crippen MR) is 51.6 cm³/mol. The van der Waals surface area contributed by atoms with E-state index in [2.05, 4.69) is 5.32 Å². The van der Waals surface area contributed by atoms with Gasteiger partial charge in [0.1, 0.15) is 0 Å². The van der Waals surface area contributed by atoms with Crippen LogP contribution in [0.25, 0.3) is 0 Å². The van der Waals surface area contributed by atoms with Crippen molar-refractivity contribution in [1.29, 1.82) is 0 Å². The Hall–Kier alpha value is -0.540. The van der Waals surface area contributed by atoms with E-state index in [4.69, 9.17) is 11.6 Å². The van der Waals surface area contributed by atoms with E-state index in [0.717, 1.165) is 9.21 Å². The molecule has 0 aliphatic heterocycles. The quantitative estimate of drug-likeness (QED) is 0.787. The zero-order chi connectivity index (χ0) is 9.14. The van der Waals surface area contributed by atoms with Crippen LogP contribution in [-0.2, 0) is 4.79 Å². The van der Waals surface area contributed by atoms with Gasteiger partial charge in [-0.3, -0.25) is 4.79 Å². The van der Waals surface area contributed by atoms with Gasteiger partial charge in [-0.05, 0) is 19.1 Å². The molecule has 0 aromatic carbocycles. The monoisotopic (exact) mass is 203 g/mol. The fourth-order valence-corrected chi connectivity index (χ4v) is 2.00. The second-order valence-electron chi connectivity index (χ2n) is 2.56. The van der Waals surface area contributed by atoms with Gasteiger partial charge >= 0.3 is 0 Å². The second-order valence-corrected chi connectivity index (χ2v) is 4.31. The predicted octanol–water partition coefficient (Wildman–Crippen LogP) is 2.60. The number of amides is 1. The molecule has 1 amide bonds. The lowest BCUT2D eigenvalue weighted by Crippen LogP contribution is -2.22. The molecule has 1 aromatic rings. The van der Waals surface area contributed by atoms with Crippen LogP contribution in [0.5, 0.6) is 0 Å². The molecule has 1 aromatic heterocycles. The largest absolute Gasteiger partial charge is 0.349 e. The zero-order valence-corrected chi connectivity index (χ0v) is 8.50. The Morgan fingerprint density at radius 1 is 1.67 bits per heavy atom. The molecule has 4 heteroatoms. The molecule has 0 saturated heterocycles. The van der Waals surface area contributed by atoms with Gasteiger partial charge in [0, 0.05) is 11.8 Å². The lowest BCUT2D eigenvalue weighted by atomic mass is 10.3. The first-order valence-electron chi connectivity index (χ1n) is 3.62. The highest BCUT2D eigenvalue weighted by atomic mass is 35.5. The molecule has 0 spiro atoms. The van der Waals surface area contributed by atoms with Crippen LogP contribution in [0.4, 0.5) is 0 Å². The summed E-state index contributed by atoms with van der Waals surface area (Å²) in [6, 6.07) is 3.81. The van der Waals surface area contributed by atoms with Gasteiger partial charge in [-0.2, -0.15) is 0 Å². The van der Waals surface area contributed by atoms with Crippen LogP contribution in [0, 0.1) is 0 Å². The Labute approximate surface area is 80.5 Å². The molecule has 1 N–H and O–H groups in total. The van der Waals surface area contributed by atoms with Gasteiger partial charge in [0.05, 0.1) is 10.4 Å². The minimum atomic E-state index is -0.0213. The number of halogens is 1. The zero-order valence-electron chi connectivity index (χ0n) is 6.93. The summed E-state index contributed by atoms with van der Waals surface area (Å²) in [6.45, 7) is 3.44. The van der Waals surface area contributed by atoms with Gasteiger partial charge in [0.2, 0.25) is 5.91 Å². The number of nitrogens with one attached hydrogen (secondary N) is 1. The summed E-state index contributed by atoms with van der Waals surface area (Å²) in [7, 11) is 0. The van der Waals surface area contributed by atoms with Gasteiger partial charge in [-0.1, -0.05) is 11.6 Å². The van der Waals surface area contributed by atoms with Crippen LogP contribution in [0.2, 0.25) is 4.34 Å². The average Bonchev–Trinajstić information content (AvgIpc) is 2.34. The smallest absolute Gasteiger partial charge is 0.217 e. The Kier molecular flexibility index (Phi) is 3.12. The van der Waals surface area contributed by atoms with Crippen molar-refractivity contribution < 1.29 is 4.79 Å². The van der Waals surface area contributed by atoms with Gasteiger partial charge in [-0.25, -0.2) is 0 Å². The van der Waals surface area contributed by atoms with Crippen molar-refractivity contribution in [3.05, 3.63) is 21.3 Å². The third-order valence-corrected chi connectivity index (χ3v) is 2.85. The van der Waals surface area contributed by atoms with Crippen LogP contribution < -0.4 is 5.32 Å². The fourth-order valence-electron chi connectivity index (χ4n) is 0.937. The van der Waals surface area contributed by atoms with E-state index in [0.29, 0.717) is 0 Å². The highest BCUT2D eigenvalue weighted by molar-refractivity contribution is 7.16. The minimum absolute atomic E-state index is 0.0213. The third-order valence-electron chi connectivity index (χ3n) is 1.44.